The number of unbranched alkanes of at least 4 members (excludes halogenated alkanes) is 2. The van der Waals surface area contributed by atoms with Gasteiger partial charge in [-0.2, -0.15) is 5.10 Å². The highest BCUT2D eigenvalue weighted by molar-refractivity contribution is 6.12. The Bertz CT molecular complexity index is 3130. The van der Waals surface area contributed by atoms with Crippen LogP contribution in [-0.2, 0) is 54.8 Å². The lowest BCUT2D eigenvalue weighted by molar-refractivity contribution is -0.137. The van der Waals surface area contributed by atoms with Crippen LogP contribution >= 0.6 is 0 Å². The molecule has 2 unspecified atom stereocenters. The lowest BCUT2D eigenvalue weighted by Gasteiger charge is -2.25. The number of ether oxygens (including phenoxy) is 1. The Kier molecular flexibility index (Phi) is 18.1. The number of urea groups is 1. The number of anilines is 1. The lowest BCUT2D eigenvalue weighted by atomic mass is 10.0. The first kappa shape index (κ1) is 54.5. The number of carbonyl (C=O) groups is 7. The summed E-state index contributed by atoms with van der Waals surface area (Å²) >= 11 is 0. The molecule has 0 radical (unpaired) electrons. The molecule has 0 saturated heterocycles. The van der Waals surface area contributed by atoms with Crippen LogP contribution in [0.25, 0.3) is 28.3 Å². The maximum atomic E-state index is 13.7. The third kappa shape index (κ3) is 14.5. The molecule has 8 amide bonds. The van der Waals surface area contributed by atoms with Gasteiger partial charge in [-0.05, 0) is 110 Å². The Morgan fingerprint density at radius 1 is 0.870 bits per heavy atom. The molecule has 22 nitrogen and oxygen atoms in total. The molecule has 2 aliphatic rings. The third-order valence-corrected chi connectivity index (χ3v) is 13.3. The number of aromatic nitrogens is 6. The number of imide groups is 1. The molecule has 9 N–H and O–H groups in total. The van der Waals surface area contributed by atoms with Crippen LogP contribution in [0.3, 0.4) is 0 Å². The van der Waals surface area contributed by atoms with Crippen LogP contribution < -0.4 is 37.6 Å². The van der Waals surface area contributed by atoms with Gasteiger partial charge in [-0.1, -0.05) is 56.7 Å². The fourth-order valence-electron chi connectivity index (χ4n) is 9.39. The molecule has 0 fully saturated rings. The largest absolute Gasteiger partial charge is 0.445 e. The predicted octanol–water partition coefficient (Wildman–Crippen LogP) is 5.19. The summed E-state index contributed by atoms with van der Waals surface area (Å²) in [5.41, 5.74) is 14.4. The van der Waals surface area contributed by atoms with Crippen LogP contribution in [0.5, 0.6) is 0 Å². The molecule has 0 saturated carbocycles. The zero-order valence-electron chi connectivity index (χ0n) is 43.3. The van der Waals surface area contributed by atoms with Crippen LogP contribution in [0.1, 0.15) is 98.6 Å². The highest BCUT2D eigenvalue weighted by atomic mass is 16.5. The zero-order chi connectivity index (χ0) is 54.4. The molecule has 2 aromatic carbocycles. The second kappa shape index (κ2) is 25.6. The number of alkyl carbamates (subject to hydrolysis) is 1. The minimum Gasteiger partial charge on any atom is -0.445 e. The van der Waals surface area contributed by atoms with E-state index in [2.05, 4.69) is 59.1 Å². The van der Waals surface area contributed by atoms with Gasteiger partial charge in [-0.25, -0.2) is 24.1 Å². The Morgan fingerprint density at radius 2 is 1.66 bits per heavy atom. The van der Waals surface area contributed by atoms with Gasteiger partial charge in [0.1, 0.15) is 36.5 Å². The van der Waals surface area contributed by atoms with E-state index in [1.165, 1.54) is 18.5 Å². The number of hydrogen-bond acceptors (Lipinski definition) is 13. The standard InChI is InChI=1S/C55H64N14O8/c1-33(2)49(67-45(70)15-5-4-6-27-68-46(71)24-25-47(68)72)53(74)63-42(14-9-26-58-54(56)75)52(73)62-39-20-16-35(17-21-39)31-77-55(76)64-40-22-18-36-11-8-12-37(48(36)40)28-57-29-43-65-50(38-19-23-44-59-32-60-69(44)30-38)51(66-43)41-13-7-10-34(3)61-41/h7-8,10-13,16-17,19-21,23-25,30,32-33,40,42,49,57H,4-6,9,14-15,18,22,26-29,31H2,1-3H3,(H,62,73)(H,63,74)(H,64,76)(H,65,66)(H,67,70)(H3,56,58,75)/t40?,42-,49?/m0/s1. The van der Waals surface area contributed by atoms with Crippen LogP contribution in [-0.4, -0.2) is 101 Å². The van der Waals surface area contributed by atoms with Crippen LogP contribution in [0.15, 0.2) is 97.5 Å². The number of benzene rings is 2. The maximum absolute atomic E-state index is 13.7. The topological polar surface area (TPSA) is 302 Å². The molecule has 0 spiro atoms. The molecule has 77 heavy (non-hydrogen) atoms. The molecule has 1 aliphatic carbocycles. The van der Waals surface area contributed by atoms with E-state index in [0.717, 1.165) is 67.8 Å². The first-order chi connectivity index (χ1) is 37.2. The molecule has 402 valence electrons. The van der Waals surface area contributed by atoms with Crippen molar-refractivity contribution in [2.45, 2.75) is 110 Å². The number of nitrogens with two attached hydrogens (primary N) is 1. The predicted molar refractivity (Wildman–Crippen MR) is 285 cm³/mol. The average molecular weight is 1050 g/mol. The number of imidazole rings is 1. The molecule has 6 aromatic rings. The van der Waals surface area contributed by atoms with Gasteiger partial charge in [-0.15, -0.1) is 0 Å². The number of H-pyrrole nitrogens is 1. The number of aryl methyl sites for hydroxylation is 2. The summed E-state index contributed by atoms with van der Waals surface area (Å²) in [4.78, 5) is 107. The summed E-state index contributed by atoms with van der Waals surface area (Å²) in [6.07, 6.45) is 8.98. The molecule has 3 atom stereocenters. The van der Waals surface area contributed by atoms with E-state index in [1.54, 1.807) is 42.6 Å². The van der Waals surface area contributed by atoms with E-state index in [4.69, 9.17) is 20.4 Å². The van der Waals surface area contributed by atoms with E-state index >= 15 is 0 Å². The maximum Gasteiger partial charge on any atom is 0.407 e. The van der Waals surface area contributed by atoms with E-state index in [1.807, 2.05) is 49.5 Å². The number of primary amides is 1. The number of nitrogens with zero attached hydrogens (tertiary/aromatic N) is 6. The average Bonchev–Trinajstić information content (AvgIpc) is 4.26. The Balaban J connectivity index is 0.818. The third-order valence-electron chi connectivity index (χ3n) is 13.3. The number of hydrogen-bond donors (Lipinski definition) is 8. The van der Waals surface area contributed by atoms with Gasteiger partial charge >= 0.3 is 12.1 Å². The van der Waals surface area contributed by atoms with Gasteiger partial charge in [0, 0.05) is 61.3 Å². The van der Waals surface area contributed by atoms with Crippen molar-refractivity contribution >= 4 is 53.0 Å². The molecule has 22 heteroatoms. The number of rotatable bonds is 25. The minimum atomic E-state index is -1.04. The van der Waals surface area contributed by atoms with Crippen molar-refractivity contribution in [3.63, 3.8) is 0 Å². The van der Waals surface area contributed by atoms with E-state index in [0.29, 0.717) is 56.4 Å². The fraction of sp³-hybridized carbons (Fsp3) is 0.364. The summed E-state index contributed by atoms with van der Waals surface area (Å²) in [5.74, 6) is -1.74. The quantitative estimate of drug-likeness (QED) is 0.0271. The van der Waals surface area contributed by atoms with Crippen molar-refractivity contribution < 1.29 is 38.3 Å². The number of aromatic amines is 1. The number of pyridine rings is 2. The number of fused-ring (bicyclic) bond motifs is 2. The number of carbonyl (C=O) groups excluding carboxylic acids is 7. The van der Waals surface area contributed by atoms with Crippen molar-refractivity contribution in [3.8, 4) is 22.6 Å². The van der Waals surface area contributed by atoms with Gasteiger partial charge in [0.05, 0.1) is 24.0 Å². The Hall–Kier alpha value is -8.79. The monoisotopic (exact) mass is 1050 g/mol. The summed E-state index contributed by atoms with van der Waals surface area (Å²) in [6, 6.07) is 19.7. The smallest absolute Gasteiger partial charge is 0.407 e. The first-order valence-corrected chi connectivity index (χ1v) is 25.8. The Morgan fingerprint density at radius 3 is 2.43 bits per heavy atom. The minimum absolute atomic E-state index is 0.0348. The molecular formula is C55H64N14O8. The van der Waals surface area contributed by atoms with Crippen molar-refractivity contribution in [1.29, 1.82) is 0 Å². The van der Waals surface area contributed by atoms with Crippen molar-refractivity contribution in [3.05, 3.63) is 131 Å². The highest BCUT2D eigenvalue weighted by Crippen LogP contribution is 2.35. The second-order valence-corrected chi connectivity index (χ2v) is 19.4. The van der Waals surface area contributed by atoms with Gasteiger partial charge in [0.15, 0.2) is 5.65 Å². The number of nitrogens with one attached hydrogen (secondary N) is 7. The second-order valence-electron chi connectivity index (χ2n) is 19.4. The van der Waals surface area contributed by atoms with E-state index in [-0.39, 0.29) is 62.2 Å². The van der Waals surface area contributed by atoms with E-state index < -0.39 is 36.0 Å². The lowest BCUT2D eigenvalue weighted by Crippen LogP contribution is -2.54. The summed E-state index contributed by atoms with van der Waals surface area (Å²) in [7, 11) is 0. The molecule has 1 aliphatic heterocycles. The van der Waals surface area contributed by atoms with E-state index in [9.17, 15) is 33.6 Å². The fourth-order valence-corrected chi connectivity index (χ4v) is 9.39. The van der Waals surface area contributed by atoms with Crippen LogP contribution in [0.4, 0.5) is 15.3 Å². The summed E-state index contributed by atoms with van der Waals surface area (Å²) in [5, 5.41) is 21.8. The van der Waals surface area contributed by atoms with Crippen molar-refractivity contribution in [2.24, 2.45) is 11.7 Å². The van der Waals surface area contributed by atoms with Gasteiger partial charge in [-0.3, -0.25) is 33.9 Å². The van der Waals surface area contributed by atoms with Crippen LogP contribution in [0.2, 0.25) is 0 Å². The SMILES string of the molecule is Cc1cccc(-c2nc(CNCc3cccc4c3C(NC(=O)OCc3ccc(NC(=O)[C@H](CCCNC(N)=O)NC(=O)C(NC(=O)CCCCCN5C(=O)C=CC5=O)C(C)C)cc3)CC4)[nH]c2-c2ccc3ncnn3c2)n1. The Labute approximate surface area is 444 Å². The van der Waals surface area contributed by atoms with Crippen LogP contribution in [0, 0.1) is 12.8 Å². The highest BCUT2D eigenvalue weighted by Gasteiger charge is 2.30. The van der Waals surface area contributed by atoms with Crippen molar-refractivity contribution in [2.75, 3.05) is 18.4 Å². The molecule has 8 rings (SSSR count). The summed E-state index contributed by atoms with van der Waals surface area (Å²) < 4.78 is 7.40. The number of amides is 8. The first-order valence-electron chi connectivity index (χ1n) is 25.8. The van der Waals surface area contributed by atoms with Gasteiger partial charge < -0.3 is 47.4 Å². The summed E-state index contributed by atoms with van der Waals surface area (Å²) in [6.45, 7) is 6.84. The zero-order valence-corrected chi connectivity index (χ0v) is 43.3. The normalized spacial score (nSPS) is 14.6. The molecule has 5 heterocycles. The van der Waals surface area contributed by atoms with Gasteiger partial charge in [0.25, 0.3) is 11.8 Å². The van der Waals surface area contributed by atoms with Crippen molar-refractivity contribution in [1.82, 2.24) is 61.0 Å². The molecular weight excluding hydrogens is 985 g/mol. The van der Waals surface area contributed by atoms with Gasteiger partial charge in [0.2, 0.25) is 17.7 Å². The molecule has 4 aromatic heterocycles. The molecule has 0 bridgehead atoms.